The summed E-state index contributed by atoms with van der Waals surface area (Å²) in [7, 11) is 0. The predicted molar refractivity (Wildman–Crippen MR) is 124 cm³/mol. The minimum absolute atomic E-state index is 0.0522. The molecule has 0 spiro atoms. The summed E-state index contributed by atoms with van der Waals surface area (Å²) in [5.74, 6) is 0.513. The molecule has 1 aliphatic rings. The van der Waals surface area contributed by atoms with E-state index in [0.717, 1.165) is 65.9 Å². The Hall–Kier alpha value is -2.74. The van der Waals surface area contributed by atoms with E-state index < -0.39 is 0 Å². The van der Waals surface area contributed by atoms with Gasteiger partial charge < -0.3 is 9.47 Å². The van der Waals surface area contributed by atoms with Crippen molar-refractivity contribution >= 4 is 22.4 Å². The van der Waals surface area contributed by atoms with E-state index in [4.69, 9.17) is 14.5 Å². The van der Waals surface area contributed by atoms with Crippen molar-refractivity contribution in [3.05, 3.63) is 64.5 Å². The third-order valence-electron chi connectivity index (χ3n) is 5.38. The van der Waals surface area contributed by atoms with Gasteiger partial charge in [0, 0.05) is 30.1 Å². The summed E-state index contributed by atoms with van der Waals surface area (Å²) in [6.07, 6.45) is 0. The van der Waals surface area contributed by atoms with Crippen LogP contribution in [0.5, 0.6) is 5.75 Å². The molecule has 1 aliphatic heterocycles. The van der Waals surface area contributed by atoms with Gasteiger partial charge in [0.1, 0.15) is 5.75 Å². The lowest BCUT2D eigenvalue weighted by Crippen LogP contribution is -2.35. The lowest BCUT2D eigenvalue weighted by molar-refractivity contribution is -0.118. The Balaban J connectivity index is 1.47. The molecular formula is C24H27N3O3S. The highest BCUT2D eigenvalue weighted by molar-refractivity contribution is 7.16. The van der Waals surface area contributed by atoms with E-state index in [1.807, 2.05) is 62.4 Å². The van der Waals surface area contributed by atoms with Crippen LogP contribution in [0, 0.1) is 13.8 Å². The standard InChI is InChI=1S/C24H27N3O3S/c1-17-7-6-10-20(18(17)2)30-16-22(28)25-24-26-23(19-8-4-3-5-9-19)21(31-24)15-27-11-13-29-14-12-27/h3-10H,11-16H2,1-2H3,(H,25,26,28). The monoisotopic (exact) mass is 437 g/mol. The number of hydrogen-bond acceptors (Lipinski definition) is 6. The number of aromatic nitrogens is 1. The van der Waals surface area contributed by atoms with Gasteiger partial charge in [-0.2, -0.15) is 0 Å². The number of amides is 1. The Labute approximate surface area is 186 Å². The maximum atomic E-state index is 12.5. The van der Waals surface area contributed by atoms with E-state index in [-0.39, 0.29) is 12.5 Å². The molecule has 4 rings (SSSR count). The van der Waals surface area contributed by atoms with Gasteiger partial charge in [0.2, 0.25) is 0 Å². The van der Waals surface area contributed by atoms with Crippen LogP contribution < -0.4 is 10.1 Å². The maximum Gasteiger partial charge on any atom is 0.264 e. The summed E-state index contributed by atoms with van der Waals surface area (Å²) >= 11 is 1.52. The largest absolute Gasteiger partial charge is 0.483 e. The average molecular weight is 438 g/mol. The minimum Gasteiger partial charge on any atom is -0.483 e. The third kappa shape index (κ3) is 5.50. The highest BCUT2D eigenvalue weighted by Gasteiger charge is 2.19. The lowest BCUT2D eigenvalue weighted by Gasteiger charge is -2.26. The van der Waals surface area contributed by atoms with E-state index >= 15 is 0 Å². The van der Waals surface area contributed by atoms with E-state index in [9.17, 15) is 4.79 Å². The first-order chi connectivity index (χ1) is 15.1. The lowest BCUT2D eigenvalue weighted by atomic mass is 10.1. The fraction of sp³-hybridized carbons (Fsp3) is 0.333. The molecule has 1 amide bonds. The molecule has 31 heavy (non-hydrogen) atoms. The molecule has 1 saturated heterocycles. The van der Waals surface area contributed by atoms with Gasteiger partial charge in [0.25, 0.3) is 5.91 Å². The van der Waals surface area contributed by atoms with Gasteiger partial charge in [0.15, 0.2) is 11.7 Å². The molecule has 0 bridgehead atoms. The number of benzene rings is 2. The van der Waals surface area contributed by atoms with Crippen LogP contribution in [0.2, 0.25) is 0 Å². The Morgan fingerprint density at radius 2 is 1.90 bits per heavy atom. The summed E-state index contributed by atoms with van der Waals surface area (Å²) in [4.78, 5) is 20.8. The van der Waals surface area contributed by atoms with Crippen molar-refractivity contribution in [3.8, 4) is 17.0 Å². The number of aryl methyl sites for hydroxylation is 1. The van der Waals surface area contributed by atoms with Crippen LogP contribution in [0.25, 0.3) is 11.3 Å². The van der Waals surface area contributed by atoms with Crippen LogP contribution in [0.15, 0.2) is 48.5 Å². The summed E-state index contributed by atoms with van der Waals surface area (Å²) in [6, 6.07) is 15.9. The highest BCUT2D eigenvalue weighted by atomic mass is 32.1. The number of morpholine rings is 1. The van der Waals surface area contributed by atoms with Crippen molar-refractivity contribution in [2.75, 3.05) is 38.2 Å². The Morgan fingerprint density at radius 1 is 1.13 bits per heavy atom. The van der Waals surface area contributed by atoms with Crippen molar-refractivity contribution in [2.45, 2.75) is 20.4 Å². The molecule has 0 unspecified atom stereocenters. The minimum atomic E-state index is -0.216. The van der Waals surface area contributed by atoms with Crippen molar-refractivity contribution < 1.29 is 14.3 Å². The zero-order valence-electron chi connectivity index (χ0n) is 17.9. The first-order valence-corrected chi connectivity index (χ1v) is 11.3. The Kier molecular flexibility index (Phi) is 6.96. The maximum absolute atomic E-state index is 12.5. The number of hydrogen-bond donors (Lipinski definition) is 1. The molecule has 162 valence electrons. The zero-order chi connectivity index (χ0) is 21.6. The van der Waals surface area contributed by atoms with E-state index in [1.165, 1.54) is 11.3 Å². The number of rotatable bonds is 7. The number of carbonyl (C=O) groups is 1. The Bertz CT molecular complexity index is 1030. The molecule has 1 fully saturated rings. The van der Waals surface area contributed by atoms with Crippen molar-refractivity contribution in [1.82, 2.24) is 9.88 Å². The SMILES string of the molecule is Cc1cccc(OCC(=O)Nc2nc(-c3ccccc3)c(CN3CCOCC3)s2)c1C. The fourth-order valence-electron chi connectivity index (χ4n) is 3.48. The second-order valence-corrected chi connectivity index (χ2v) is 8.66. The summed E-state index contributed by atoms with van der Waals surface area (Å²) < 4.78 is 11.2. The summed E-state index contributed by atoms with van der Waals surface area (Å²) in [5, 5.41) is 3.51. The van der Waals surface area contributed by atoms with Crippen molar-refractivity contribution in [1.29, 1.82) is 0 Å². The second-order valence-electron chi connectivity index (χ2n) is 7.58. The van der Waals surface area contributed by atoms with Gasteiger partial charge in [-0.15, -0.1) is 0 Å². The van der Waals surface area contributed by atoms with E-state index in [0.29, 0.717) is 5.13 Å². The van der Waals surface area contributed by atoms with Crippen LogP contribution in [-0.4, -0.2) is 48.7 Å². The molecule has 6 nitrogen and oxygen atoms in total. The molecule has 0 saturated carbocycles. The first-order valence-electron chi connectivity index (χ1n) is 10.4. The van der Waals surface area contributed by atoms with Crippen molar-refractivity contribution in [2.24, 2.45) is 0 Å². The molecule has 2 heterocycles. The fourth-order valence-corrected chi connectivity index (χ4v) is 4.52. The molecule has 3 aromatic rings. The zero-order valence-corrected chi connectivity index (χ0v) is 18.7. The summed E-state index contributed by atoms with van der Waals surface area (Å²) in [5.41, 5.74) is 4.15. The Morgan fingerprint density at radius 3 is 2.68 bits per heavy atom. The van der Waals surface area contributed by atoms with Crippen LogP contribution >= 0.6 is 11.3 Å². The summed E-state index contributed by atoms with van der Waals surface area (Å²) in [6.45, 7) is 8.06. The van der Waals surface area contributed by atoms with Crippen LogP contribution in [0.1, 0.15) is 16.0 Å². The topological polar surface area (TPSA) is 63.7 Å². The number of anilines is 1. The number of ether oxygens (including phenoxy) is 2. The number of nitrogens with zero attached hydrogens (tertiary/aromatic N) is 2. The van der Waals surface area contributed by atoms with Gasteiger partial charge in [-0.25, -0.2) is 4.98 Å². The van der Waals surface area contributed by atoms with Gasteiger partial charge in [-0.3, -0.25) is 15.0 Å². The van der Waals surface area contributed by atoms with Crippen LogP contribution in [-0.2, 0) is 16.1 Å². The van der Waals surface area contributed by atoms with Gasteiger partial charge in [-0.1, -0.05) is 53.8 Å². The van der Waals surface area contributed by atoms with Gasteiger partial charge in [0.05, 0.1) is 18.9 Å². The van der Waals surface area contributed by atoms with Gasteiger partial charge in [-0.05, 0) is 31.0 Å². The molecular weight excluding hydrogens is 410 g/mol. The van der Waals surface area contributed by atoms with Crippen LogP contribution in [0.3, 0.4) is 0 Å². The third-order valence-corrected chi connectivity index (χ3v) is 6.33. The van der Waals surface area contributed by atoms with Crippen molar-refractivity contribution in [3.63, 3.8) is 0 Å². The van der Waals surface area contributed by atoms with E-state index in [2.05, 4.69) is 10.2 Å². The number of thiazole rings is 1. The normalized spacial score (nSPS) is 14.4. The molecule has 2 aromatic carbocycles. The first kappa shape index (κ1) is 21.5. The number of nitrogens with one attached hydrogen (secondary N) is 1. The predicted octanol–water partition coefficient (Wildman–Crippen LogP) is 4.28. The molecule has 7 heteroatoms. The molecule has 1 aromatic heterocycles. The highest BCUT2D eigenvalue weighted by Crippen LogP contribution is 2.32. The second kappa shape index (κ2) is 10.0. The smallest absolute Gasteiger partial charge is 0.264 e. The molecule has 1 N–H and O–H groups in total. The quantitative estimate of drug-likeness (QED) is 0.598. The van der Waals surface area contributed by atoms with Gasteiger partial charge >= 0.3 is 0 Å². The molecule has 0 radical (unpaired) electrons. The van der Waals surface area contributed by atoms with E-state index in [1.54, 1.807) is 0 Å². The number of carbonyl (C=O) groups excluding carboxylic acids is 1. The van der Waals surface area contributed by atoms with Crippen LogP contribution in [0.4, 0.5) is 5.13 Å². The molecule has 0 aliphatic carbocycles. The molecule has 0 atom stereocenters. The average Bonchev–Trinajstić information content (AvgIpc) is 3.18.